The molecule has 0 aromatic rings. The Morgan fingerprint density at radius 3 is 1.78 bits per heavy atom. The number of carboxylic acid groups (broad SMARTS) is 1. The predicted octanol–water partition coefficient (Wildman–Crippen LogP) is 3.00. The van der Waals surface area contributed by atoms with Gasteiger partial charge in [-0.05, 0) is 33.1 Å². The van der Waals surface area contributed by atoms with Gasteiger partial charge in [-0.25, -0.2) is 0 Å². The molecular weight excluding hydrogens is 232 g/mol. The Kier molecular flexibility index (Phi) is 4.91. The summed E-state index contributed by atoms with van der Waals surface area (Å²) in [6.45, 7) is 15.2. The standard InChI is InChI=1S/C13H26N2O3/c1-9(11(2,3)4)13(8,18-10(16)17)15-14-12(5,6)7/h9H,1-8H3,(H,16,17)/p-1. The first kappa shape index (κ1) is 16.9. The highest BCUT2D eigenvalue weighted by molar-refractivity contribution is 5.54. The van der Waals surface area contributed by atoms with Gasteiger partial charge in [0.2, 0.25) is 0 Å². The van der Waals surface area contributed by atoms with E-state index in [4.69, 9.17) is 4.74 Å². The smallest absolute Gasteiger partial charge is 0.254 e. The van der Waals surface area contributed by atoms with Crippen LogP contribution in [0.25, 0.3) is 0 Å². The quantitative estimate of drug-likeness (QED) is 0.576. The van der Waals surface area contributed by atoms with Crippen LogP contribution in [0.4, 0.5) is 4.79 Å². The summed E-state index contributed by atoms with van der Waals surface area (Å²) in [5.74, 6) is -0.144. The van der Waals surface area contributed by atoms with Gasteiger partial charge < -0.3 is 14.6 Å². The van der Waals surface area contributed by atoms with E-state index in [0.29, 0.717) is 0 Å². The maximum Gasteiger partial charge on any atom is 0.254 e. The lowest BCUT2D eigenvalue weighted by Gasteiger charge is -2.42. The van der Waals surface area contributed by atoms with Crippen molar-refractivity contribution in [3.8, 4) is 0 Å². The second-order valence-electron chi connectivity index (χ2n) is 6.87. The van der Waals surface area contributed by atoms with Gasteiger partial charge in [-0.1, -0.05) is 27.7 Å². The van der Waals surface area contributed by atoms with Crippen molar-refractivity contribution in [3.05, 3.63) is 0 Å². The minimum atomic E-state index is -1.58. The molecule has 0 saturated carbocycles. The third-order valence-corrected chi connectivity index (χ3v) is 2.94. The number of carbonyl (C=O) groups is 1. The Morgan fingerprint density at radius 1 is 1.06 bits per heavy atom. The second kappa shape index (κ2) is 5.24. The van der Waals surface area contributed by atoms with Crippen molar-refractivity contribution >= 4 is 6.16 Å². The van der Waals surface area contributed by atoms with Crippen molar-refractivity contribution in [3.63, 3.8) is 0 Å². The first-order valence-electron chi connectivity index (χ1n) is 6.12. The monoisotopic (exact) mass is 257 g/mol. The molecule has 0 spiro atoms. The molecule has 0 aromatic carbocycles. The van der Waals surface area contributed by atoms with Gasteiger partial charge in [0.15, 0.2) is 5.72 Å². The number of nitrogens with zero attached hydrogens (tertiary/aromatic N) is 2. The maximum atomic E-state index is 10.7. The third kappa shape index (κ3) is 5.47. The van der Waals surface area contributed by atoms with Crippen molar-refractivity contribution < 1.29 is 14.6 Å². The molecular formula is C13H25N2O3-. The molecule has 5 heteroatoms. The SMILES string of the molecule is CC(C(C)(C)C)C(C)(N=NC(C)(C)C)OC(=O)[O-]. The summed E-state index contributed by atoms with van der Waals surface area (Å²) in [6.07, 6.45) is -1.58. The highest BCUT2D eigenvalue weighted by Crippen LogP contribution is 2.38. The van der Waals surface area contributed by atoms with Crippen molar-refractivity contribution in [1.82, 2.24) is 0 Å². The summed E-state index contributed by atoms with van der Waals surface area (Å²) in [5, 5.41) is 19.0. The molecule has 0 amide bonds. The molecule has 0 radical (unpaired) electrons. The molecule has 2 atom stereocenters. The van der Waals surface area contributed by atoms with Crippen LogP contribution in [-0.4, -0.2) is 17.4 Å². The fourth-order valence-corrected chi connectivity index (χ4v) is 1.42. The van der Waals surface area contributed by atoms with Gasteiger partial charge in [-0.15, -0.1) is 0 Å². The molecule has 106 valence electrons. The normalized spacial score (nSPS) is 18.4. The average Bonchev–Trinajstić information content (AvgIpc) is 2.10. The molecule has 0 fully saturated rings. The van der Waals surface area contributed by atoms with E-state index in [1.165, 1.54) is 0 Å². The Morgan fingerprint density at radius 2 is 1.50 bits per heavy atom. The van der Waals surface area contributed by atoms with Gasteiger partial charge in [0, 0.05) is 5.92 Å². The number of carbonyl (C=O) groups excluding carboxylic acids is 1. The molecule has 0 saturated heterocycles. The van der Waals surface area contributed by atoms with Gasteiger partial charge in [0.05, 0.1) is 5.54 Å². The van der Waals surface area contributed by atoms with Gasteiger partial charge in [0.25, 0.3) is 6.16 Å². The summed E-state index contributed by atoms with van der Waals surface area (Å²) < 4.78 is 4.87. The summed E-state index contributed by atoms with van der Waals surface area (Å²) in [6, 6.07) is 0. The zero-order valence-electron chi connectivity index (χ0n) is 12.7. The zero-order chi connectivity index (χ0) is 14.8. The zero-order valence-corrected chi connectivity index (χ0v) is 12.7. The molecule has 0 bridgehead atoms. The molecule has 2 unspecified atom stereocenters. The van der Waals surface area contributed by atoms with Crippen molar-refractivity contribution in [2.45, 2.75) is 66.7 Å². The second-order valence-corrected chi connectivity index (χ2v) is 6.87. The van der Waals surface area contributed by atoms with Gasteiger partial charge in [0.1, 0.15) is 0 Å². The minimum absolute atomic E-state index is 0.144. The van der Waals surface area contributed by atoms with Crippen LogP contribution in [0.3, 0.4) is 0 Å². The largest absolute Gasteiger partial charge is 0.520 e. The lowest BCUT2D eigenvalue weighted by molar-refractivity contribution is -0.299. The van der Waals surface area contributed by atoms with Gasteiger partial charge in [-0.3, -0.25) is 0 Å². The van der Waals surface area contributed by atoms with E-state index in [-0.39, 0.29) is 16.9 Å². The number of azo groups is 1. The number of ether oxygens (including phenoxy) is 1. The van der Waals surface area contributed by atoms with Crippen LogP contribution in [0.1, 0.15) is 55.4 Å². The molecule has 0 aliphatic heterocycles. The molecule has 0 aromatic heterocycles. The first-order chi connectivity index (χ1) is 7.78. The van der Waals surface area contributed by atoms with E-state index in [0.717, 1.165) is 0 Å². The Labute approximate surface area is 110 Å². The third-order valence-electron chi connectivity index (χ3n) is 2.94. The highest BCUT2D eigenvalue weighted by Gasteiger charge is 2.38. The molecule has 0 aliphatic carbocycles. The number of rotatable bonds is 3. The van der Waals surface area contributed by atoms with Gasteiger partial charge >= 0.3 is 0 Å². The van der Waals surface area contributed by atoms with Crippen LogP contribution in [0, 0.1) is 11.3 Å². The van der Waals surface area contributed by atoms with E-state index in [1.807, 2.05) is 48.5 Å². The van der Waals surface area contributed by atoms with E-state index in [9.17, 15) is 9.90 Å². The lowest BCUT2D eigenvalue weighted by Crippen LogP contribution is -2.45. The van der Waals surface area contributed by atoms with Crippen LogP contribution >= 0.6 is 0 Å². The van der Waals surface area contributed by atoms with E-state index >= 15 is 0 Å². The minimum Gasteiger partial charge on any atom is -0.520 e. The van der Waals surface area contributed by atoms with Crippen molar-refractivity contribution in [2.24, 2.45) is 21.6 Å². The molecule has 0 aliphatic rings. The first-order valence-corrected chi connectivity index (χ1v) is 6.12. The van der Waals surface area contributed by atoms with Crippen LogP contribution in [0.2, 0.25) is 0 Å². The van der Waals surface area contributed by atoms with Crippen LogP contribution in [0.15, 0.2) is 10.2 Å². The fraction of sp³-hybridized carbons (Fsp3) is 0.923. The van der Waals surface area contributed by atoms with E-state index < -0.39 is 11.9 Å². The molecule has 0 rings (SSSR count). The summed E-state index contributed by atoms with van der Waals surface area (Å²) in [4.78, 5) is 10.7. The number of hydrogen-bond acceptors (Lipinski definition) is 5. The maximum absolute atomic E-state index is 10.7. The number of hydrogen-bond donors (Lipinski definition) is 0. The fourth-order valence-electron chi connectivity index (χ4n) is 1.42. The van der Waals surface area contributed by atoms with Crippen LogP contribution < -0.4 is 5.11 Å². The summed E-state index contributed by atoms with van der Waals surface area (Å²) in [5.41, 5.74) is -1.78. The molecule has 5 nitrogen and oxygen atoms in total. The lowest BCUT2D eigenvalue weighted by atomic mass is 9.76. The molecule has 0 N–H and O–H groups in total. The van der Waals surface area contributed by atoms with Crippen molar-refractivity contribution in [1.29, 1.82) is 0 Å². The van der Waals surface area contributed by atoms with Crippen LogP contribution in [0.5, 0.6) is 0 Å². The Bertz CT molecular complexity index is 326. The molecule has 18 heavy (non-hydrogen) atoms. The van der Waals surface area contributed by atoms with Crippen molar-refractivity contribution in [2.75, 3.05) is 0 Å². The average molecular weight is 257 g/mol. The summed E-state index contributed by atoms with van der Waals surface area (Å²) >= 11 is 0. The summed E-state index contributed by atoms with van der Waals surface area (Å²) in [7, 11) is 0. The Balaban J connectivity index is 5.32. The topological polar surface area (TPSA) is 74.1 Å². The Hall–Kier alpha value is -1.13. The highest BCUT2D eigenvalue weighted by atomic mass is 16.7. The predicted molar refractivity (Wildman–Crippen MR) is 68.1 cm³/mol. The van der Waals surface area contributed by atoms with E-state index in [1.54, 1.807) is 6.92 Å². The van der Waals surface area contributed by atoms with Crippen LogP contribution in [-0.2, 0) is 4.74 Å². The molecule has 0 heterocycles. The van der Waals surface area contributed by atoms with E-state index in [2.05, 4.69) is 10.2 Å². The van der Waals surface area contributed by atoms with Gasteiger partial charge in [-0.2, -0.15) is 10.2 Å².